The summed E-state index contributed by atoms with van der Waals surface area (Å²) in [7, 11) is 8.77. The van der Waals surface area contributed by atoms with Crippen LogP contribution >= 0.6 is 0 Å². The normalized spacial score (nSPS) is 14.1. The lowest BCUT2D eigenvalue weighted by Gasteiger charge is -2.17. The number of aliphatic hydroxyl groups is 1. The Kier molecular flexibility index (Phi) is 4.88. The summed E-state index contributed by atoms with van der Waals surface area (Å²) in [6.45, 7) is 1.61. The topological polar surface area (TPSA) is 38.7 Å². The molecular weight excluding hydrogens is 215 g/mol. The molecule has 0 amide bonds. The molecule has 0 aliphatic rings. The van der Waals surface area contributed by atoms with Crippen molar-refractivity contribution in [3.05, 3.63) is 23.8 Å². The predicted molar refractivity (Wildman–Crippen MR) is 68.9 cm³/mol. The van der Waals surface area contributed by atoms with Crippen LogP contribution in [0.1, 0.15) is 25.3 Å². The number of benzene rings is 1. The van der Waals surface area contributed by atoms with E-state index in [1.807, 2.05) is 18.2 Å². The number of hydrogen-bond acceptors (Lipinski definition) is 3. The molecule has 0 aromatic heterocycles. The molecule has 1 aromatic rings. The Bertz CT molecular complexity index is 336. The van der Waals surface area contributed by atoms with E-state index >= 15 is 0 Å². The summed E-state index contributed by atoms with van der Waals surface area (Å²) in [5, 5.41) is 9.43. The second-order valence-electron chi connectivity index (χ2n) is 4.43. The summed E-state index contributed by atoms with van der Waals surface area (Å²) < 4.78 is 10.4. The van der Waals surface area contributed by atoms with Gasteiger partial charge in [-0.1, -0.05) is 0 Å². The van der Waals surface area contributed by atoms with Crippen molar-refractivity contribution >= 4 is 7.85 Å². The van der Waals surface area contributed by atoms with Crippen molar-refractivity contribution in [3.63, 3.8) is 0 Å². The molecule has 0 fully saturated rings. The fourth-order valence-corrected chi connectivity index (χ4v) is 1.66. The molecular formula is C13H19BO3. The maximum Gasteiger partial charge on any atom is 0.122 e. The van der Waals surface area contributed by atoms with Crippen LogP contribution in [0.2, 0.25) is 0 Å². The van der Waals surface area contributed by atoms with E-state index in [0.29, 0.717) is 6.42 Å². The highest BCUT2D eigenvalue weighted by atomic mass is 16.5. The number of hydrogen-bond donors (Lipinski definition) is 1. The van der Waals surface area contributed by atoms with Crippen molar-refractivity contribution in [2.75, 3.05) is 14.2 Å². The SMILES string of the molecule is [B]C(C)(O)CCCc1cc(OC)cc(OC)c1. The summed E-state index contributed by atoms with van der Waals surface area (Å²) in [4.78, 5) is 0. The van der Waals surface area contributed by atoms with Crippen molar-refractivity contribution in [1.29, 1.82) is 0 Å². The van der Waals surface area contributed by atoms with Gasteiger partial charge < -0.3 is 14.6 Å². The summed E-state index contributed by atoms with van der Waals surface area (Å²) in [6.07, 6.45) is 2.22. The molecule has 3 nitrogen and oxygen atoms in total. The van der Waals surface area contributed by atoms with Gasteiger partial charge in [-0.3, -0.25) is 0 Å². The smallest absolute Gasteiger partial charge is 0.122 e. The van der Waals surface area contributed by atoms with E-state index in [-0.39, 0.29) is 0 Å². The van der Waals surface area contributed by atoms with E-state index in [1.165, 1.54) is 0 Å². The molecule has 0 saturated heterocycles. The molecule has 0 aliphatic heterocycles. The second kappa shape index (κ2) is 5.96. The first-order chi connectivity index (χ1) is 7.94. The van der Waals surface area contributed by atoms with Gasteiger partial charge in [0.05, 0.1) is 14.2 Å². The van der Waals surface area contributed by atoms with Crippen LogP contribution in [0.5, 0.6) is 11.5 Å². The highest BCUT2D eigenvalue weighted by Crippen LogP contribution is 2.24. The monoisotopic (exact) mass is 234 g/mol. The van der Waals surface area contributed by atoms with Gasteiger partial charge in [0.2, 0.25) is 0 Å². The van der Waals surface area contributed by atoms with E-state index in [0.717, 1.165) is 29.9 Å². The molecule has 2 radical (unpaired) electrons. The molecule has 1 atom stereocenters. The quantitative estimate of drug-likeness (QED) is 0.764. The summed E-state index contributed by atoms with van der Waals surface area (Å²) in [6, 6.07) is 5.77. The average Bonchev–Trinajstić information content (AvgIpc) is 2.26. The number of methoxy groups -OCH3 is 2. The van der Waals surface area contributed by atoms with E-state index in [9.17, 15) is 5.11 Å². The fraction of sp³-hybridized carbons (Fsp3) is 0.538. The summed E-state index contributed by atoms with van der Waals surface area (Å²) in [5.41, 5.74) is 0.0219. The zero-order valence-electron chi connectivity index (χ0n) is 10.7. The lowest BCUT2D eigenvalue weighted by molar-refractivity contribution is 0.136. The maximum absolute atomic E-state index is 9.43. The number of rotatable bonds is 6. The third kappa shape index (κ3) is 5.13. The van der Waals surface area contributed by atoms with Gasteiger partial charge in [-0.2, -0.15) is 0 Å². The third-order valence-corrected chi connectivity index (χ3v) is 2.56. The maximum atomic E-state index is 9.43. The van der Waals surface area contributed by atoms with Crippen LogP contribution in [-0.4, -0.2) is 32.7 Å². The summed E-state index contributed by atoms with van der Waals surface area (Å²) >= 11 is 0. The molecule has 0 saturated carbocycles. The van der Waals surface area contributed by atoms with Crippen molar-refractivity contribution in [2.45, 2.75) is 31.7 Å². The van der Waals surface area contributed by atoms with Crippen LogP contribution in [0, 0.1) is 0 Å². The van der Waals surface area contributed by atoms with Crippen molar-refractivity contribution < 1.29 is 14.6 Å². The number of aryl methyl sites for hydroxylation is 1. The van der Waals surface area contributed by atoms with Gasteiger partial charge >= 0.3 is 0 Å². The molecule has 1 N–H and O–H groups in total. The molecule has 1 aromatic carbocycles. The van der Waals surface area contributed by atoms with Gasteiger partial charge in [-0.15, -0.1) is 0 Å². The Morgan fingerprint density at radius 3 is 2.12 bits per heavy atom. The standard InChI is InChI=1S/C13H19BO3/c1-13(14,15)6-4-5-10-7-11(16-2)9-12(8-10)17-3/h7-9,15H,4-6H2,1-3H3. The molecule has 0 bridgehead atoms. The first-order valence-corrected chi connectivity index (χ1v) is 5.68. The van der Waals surface area contributed by atoms with Gasteiger partial charge in [0.15, 0.2) is 0 Å². The zero-order chi connectivity index (χ0) is 12.9. The molecule has 0 spiro atoms. The lowest BCUT2D eigenvalue weighted by atomic mass is 9.79. The van der Waals surface area contributed by atoms with Gasteiger partial charge in [-0.25, -0.2) is 0 Å². The first kappa shape index (κ1) is 13.9. The van der Waals surface area contributed by atoms with Crippen LogP contribution in [0.25, 0.3) is 0 Å². The van der Waals surface area contributed by atoms with Crippen molar-refractivity contribution in [3.8, 4) is 11.5 Å². The summed E-state index contributed by atoms with van der Waals surface area (Å²) in [5.74, 6) is 1.55. The molecule has 4 heteroatoms. The minimum absolute atomic E-state index is 0.562. The molecule has 1 rings (SSSR count). The Morgan fingerprint density at radius 2 is 1.71 bits per heavy atom. The first-order valence-electron chi connectivity index (χ1n) is 5.68. The highest BCUT2D eigenvalue weighted by molar-refractivity contribution is 6.13. The van der Waals surface area contributed by atoms with Crippen molar-refractivity contribution in [1.82, 2.24) is 0 Å². The van der Waals surface area contributed by atoms with Gasteiger partial charge in [0.25, 0.3) is 0 Å². The van der Waals surface area contributed by atoms with Crippen LogP contribution in [0.4, 0.5) is 0 Å². The zero-order valence-corrected chi connectivity index (χ0v) is 10.7. The van der Waals surface area contributed by atoms with E-state index in [1.54, 1.807) is 21.1 Å². The minimum Gasteiger partial charge on any atom is -0.497 e. The molecule has 92 valence electrons. The van der Waals surface area contributed by atoms with Gasteiger partial charge in [0.1, 0.15) is 19.3 Å². The van der Waals surface area contributed by atoms with E-state index in [2.05, 4.69) is 0 Å². The Hall–Kier alpha value is -1.16. The van der Waals surface area contributed by atoms with E-state index in [4.69, 9.17) is 17.3 Å². The Morgan fingerprint density at radius 1 is 1.18 bits per heavy atom. The molecule has 0 aliphatic carbocycles. The molecule has 17 heavy (non-hydrogen) atoms. The highest BCUT2D eigenvalue weighted by Gasteiger charge is 2.11. The molecule has 0 heterocycles. The third-order valence-electron chi connectivity index (χ3n) is 2.56. The van der Waals surface area contributed by atoms with E-state index < -0.39 is 5.50 Å². The van der Waals surface area contributed by atoms with Crippen molar-refractivity contribution in [2.24, 2.45) is 0 Å². The minimum atomic E-state index is -1.09. The Labute approximate surface area is 104 Å². The lowest BCUT2D eigenvalue weighted by Crippen LogP contribution is -2.23. The Balaban J connectivity index is 2.64. The second-order valence-corrected chi connectivity index (χ2v) is 4.43. The fourth-order valence-electron chi connectivity index (χ4n) is 1.66. The number of ether oxygens (including phenoxy) is 2. The van der Waals surface area contributed by atoms with Crippen LogP contribution in [0.15, 0.2) is 18.2 Å². The average molecular weight is 234 g/mol. The van der Waals surface area contributed by atoms with Crippen LogP contribution in [-0.2, 0) is 6.42 Å². The molecule has 1 unspecified atom stereocenters. The van der Waals surface area contributed by atoms with Gasteiger partial charge in [-0.05, 0) is 43.9 Å². The largest absolute Gasteiger partial charge is 0.497 e. The van der Waals surface area contributed by atoms with Crippen LogP contribution < -0.4 is 9.47 Å². The van der Waals surface area contributed by atoms with Crippen LogP contribution in [0.3, 0.4) is 0 Å². The van der Waals surface area contributed by atoms with Gasteiger partial charge in [0, 0.05) is 11.6 Å². The predicted octanol–water partition coefficient (Wildman–Crippen LogP) is 1.90.